The quantitative estimate of drug-likeness (QED) is 0.687. The van der Waals surface area contributed by atoms with Crippen LogP contribution in [0, 0.1) is 0 Å². The summed E-state index contributed by atoms with van der Waals surface area (Å²) in [6.45, 7) is 4.44. The molecule has 1 rings (SSSR count). The van der Waals surface area contributed by atoms with Crippen molar-refractivity contribution in [3.8, 4) is 0 Å². The van der Waals surface area contributed by atoms with Crippen molar-refractivity contribution in [3.63, 3.8) is 0 Å². The monoisotopic (exact) mass is 260 g/mol. The Morgan fingerprint density at radius 2 is 1.89 bits per heavy atom. The highest BCUT2D eigenvalue weighted by Gasteiger charge is 2.35. The van der Waals surface area contributed by atoms with Crippen LogP contribution in [0.3, 0.4) is 0 Å². The highest BCUT2D eigenvalue weighted by molar-refractivity contribution is 4.91. The van der Waals surface area contributed by atoms with Crippen molar-refractivity contribution in [3.05, 3.63) is 0 Å². The molecular formula is C13H28N2O3. The van der Waals surface area contributed by atoms with Crippen molar-refractivity contribution in [1.82, 2.24) is 4.90 Å². The lowest BCUT2D eigenvalue weighted by Gasteiger charge is -2.45. The summed E-state index contributed by atoms with van der Waals surface area (Å²) in [4.78, 5) is 2.38. The van der Waals surface area contributed by atoms with Gasteiger partial charge in [-0.15, -0.1) is 0 Å². The Hall–Kier alpha value is -0.200. The van der Waals surface area contributed by atoms with Crippen LogP contribution in [0.2, 0.25) is 0 Å². The minimum atomic E-state index is -0.208. The van der Waals surface area contributed by atoms with Gasteiger partial charge in [-0.25, -0.2) is 0 Å². The van der Waals surface area contributed by atoms with Gasteiger partial charge < -0.3 is 19.9 Å². The van der Waals surface area contributed by atoms with Crippen molar-refractivity contribution in [2.45, 2.75) is 44.1 Å². The fourth-order valence-electron chi connectivity index (χ4n) is 2.51. The Morgan fingerprint density at radius 3 is 2.33 bits per heavy atom. The van der Waals surface area contributed by atoms with E-state index in [1.807, 2.05) is 0 Å². The molecular weight excluding hydrogens is 232 g/mol. The minimum Gasteiger partial charge on any atom is -0.381 e. The maximum Gasteiger partial charge on any atom is 0.158 e. The first-order valence-corrected chi connectivity index (χ1v) is 6.63. The number of nitrogens with two attached hydrogens (primary N) is 1. The van der Waals surface area contributed by atoms with Crippen LogP contribution in [-0.4, -0.2) is 63.8 Å². The second kappa shape index (κ2) is 7.40. The summed E-state index contributed by atoms with van der Waals surface area (Å²) in [6, 6.07) is 0.529. The lowest BCUT2D eigenvalue weighted by molar-refractivity contribution is -0.132. The van der Waals surface area contributed by atoms with E-state index < -0.39 is 0 Å². The molecule has 1 saturated heterocycles. The van der Waals surface area contributed by atoms with Gasteiger partial charge in [-0.3, -0.25) is 4.90 Å². The maximum absolute atomic E-state index is 5.99. The van der Waals surface area contributed by atoms with Gasteiger partial charge in [-0.1, -0.05) is 0 Å². The Labute approximate surface area is 111 Å². The van der Waals surface area contributed by atoms with Crippen LogP contribution >= 0.6 is 0 Å². The highest BCUT2D eigenvalue weighted by Crippen LogP contribution is 2.26. The summed E-state index contributed by atoms with van der Waals surface area (Å²) in [6.07, 6.45) is 2.69. The van der Waals surface area contributed by atoms with E-state index in [0.717, 1.165) is 32.5 Å². The molecule has 1 heterocycles. The summed E-state index contributed by atoms with van der Waals surface area (Å²) in [7, 11) is 5.48. The molecule has 1 aliphatic rings. The van der Waals surface area contributed by atoms with Crippen LogP contribution in [0.4, 0.5) is 0 Å². The average molecular weight is 260 g/mol. The van der Waals surface area contributed by atoms with Gasteiger partial charge in [0.1, 0.15) is 0 Å². The lowest BCUT2D eigenvalue weighted by Crippen LogP contribution is -2.56. The van der Waals surface area contributed by atoms with Gasteiger partial charge in [0, 0.05) is 52.0 Å². The van der Waals surface area contributed by atoms with E-state index in [4.69, 9.17) is 19.9 Å². The standard InChI is InChI=1S/C13H28N2O3/c1-13(10-14,9-12(16-3)17-4)15(2)11-5-7-18-8-6-11/h11-12H,5-10,14H2,1-4H3. The molecule has 2 N–H and O–H groups in total. The molecule has 0 saturated carbocycles. The molecule has 0 spiro atoms. The first-order valence-electron chi connectivity index (χ1n) is 6.63. The third-order valence-corrected chi connectivity index (χ3v) is 4.16. The van der Waals surface area contributed by atoms with E-state index in [1.54, 1.807) is 14.2 Å². The van der Waals surface area contributed by atoms with Crippen LogP contribution in [0.1, 0.15) is 26.2 Å². The molecule has 1 aliphatic heterocycles. The fraction of sp³-hybridized carbons (Fsp3) is 1.00. The van der Waals surface area contributed by atoms with Crippen LogP contribution in [-0.2, 0) is 14.2 Å². The number of ether oxygens (including phenoxy) is 3. The predicted molar refractivity (Wildman–Crippen MR) is 71.5 cm³/mol. The number of nitrogens with zero attached hydrogens (tertiary/aromatic N) is 1. The molecule has 1 atom stereocenters. The molecule has 0 aromatic rings. The van der Waals surface area contributed by atoms with Gasteiger partial charge in [0.25, 0.3) is 0 Å². The molecule has 1 unspecified atom stereocenters. The van der Waals surface area contributed by atoms with Gasteiger partial charge in [0.05, 0.1) is 0 Å². The van der Waals surface area contributed by atoms with E-state index in [2.05, 4.69) is 18.9 Å². The van der Waals surface area contributed by atoms with Gasteiger partial charge in [0.15, 0.2) is 6.29 Å². The molecule has 0 aliphatic carbocycles. The normalized spacial score (nSPS) is 21.5. The smallest absolute Gasteiger partial charge is 0.158 e. The first-order chi connectivity index (χ1) is 8.57. The largest absolute Gasteiger partial charge is 0.381 e. The van der Waals surface area contributed by atoms with Crippen molar-refractivity contribution >= 4 is 0 Å². The van der Waals surface area contributed by atoms with Gasteiger partial charge >= 0.3 is 0 Å². The van der Waals surface area contributed by atoms with E-state index in [0.29, 0.717) is 12.6 Å². The zero-order valence-electron chi connectivity index (χ0n) is 12.1. The summed E-state index contributed by atoms with van der Waals surface area (Å²) in [5.74, 6) is 0. The second-order valence-electron chi connectivity index (χ2n) is 5.26. The van der Waals surface area contributed by atoms with Crippen LogP contribution in [0.25, 0.3) is 0 Å². The number of likely N-dealkylation sites (N-methyl/N-ethyl adjacent to an activating group) is 1. The topological polar surface area (TPSA) is 57.0 Å². The van der Waals surface area contributed by atoms with E-state index in [1.165, 1.54) is 0 Å². The van der Waals surface area contributed by atoms with E-state index >= 15 is 0 Å². The Bertz CT molecular complexity index is 230. The predicted octanol–water partition coefficient (Wildman–Crippen LogP) is 0.824. The third kappa shape index (κ3) is 3.90. The zero-order valence-corrected chi connectivity index (χ0v) is 12.1. The number of hydrogen-bond acceptors (Lipinski definition) is 5. The van der Waals surface area contributed by atoms with Crippen molar-refractivity contribution in [2.24, 2.45) is 5.73 Å². The summed E-state index contributed by atoms with van der Waals surface area (Å²) >= 11 is 0. The molecule has 5 nitrogen and oxygen atoms in total. The SMILES string of the molecule is COC(CC(C)(CN)N(C)C1CCOCC1)OC. The summed E-state index contributed by atoms with van der Waals surface area (Å²) < 4.78 is 16.0. The number of hydrogen-bond donors (Lipinski definition) is 1. The van der Waals surface area contributed by atoms with Crippen LogP contribution in [0.15, 0.2) is 0 Å². The lowest BCUT2D eigenvalue weighted by atomic mass is 9.91. The maximum atomic E-state index is 5.99. The van der Waals surface area contributed by atoms with Crippen molar-refractivity contribution in [1.29, 1.82) is 0 Å². The Kier molecular flexibility index (Phi) is 6.52. The Balaban J connectivity index is 2.65. The number of rotatable bonds is 7. The molecule has 0 bridgehead atoms. The molecule has 18 heavy (non-hydrogen) atoms. The molecule has 0 radical (unpaired) electrons. The molecule has 0 aromatic carbocycles. The third-order valence-electron chi connectivity index (χ3n) is 4.16. The van der Waals surface area contributed by atoms with Crippen LogP contribution < -0.4 is 5.73 Å². The summed E-state index contributed by atoms with van der Waals surface area (Å²) in [5.41, 5.74) is 5.88. The molecule has 1 fully saturated rings. The number of methoxy groups -OCH3 is 2. The second-order valence-corrected chi connectivity index (χ2v) is 5.26. The molecule has 108 valence electrons. The molecule has 0 aromatic heterocycles. The highest BCUT2D eigenvalue weighted by atomic mass is 16.7. The molecule has 5 heteroatoms. The van der Waals surface area contributed by atoms with E-state index in [-0.39, 0.29) is 11.8 Å². The van der Waals surface area contributed by atoms with Gasteiger partial charge in [-0.05, 0) is 26.8 Å². The zero-order chi connectivity index (χ0) is 13.6. The Morgan fingerprint density at radius 1 is 1.33 bits per heavy atom. The van der Waals surface area contributed by atoms with Crippen molar-refractivity contribution in [2.75, 3.05) is 41.0 Å². The molecule has 0 amide bonds. The van der Waals surface area contributed by atoms with Gasteiger partial charge in [-0.2, -0.15) is 0 Å². The fourth-order valence-corrected chi connectivity index (χ4v) is 2.51. The minimum absolute atomic E-state index is 0.112. The van der Waals surface area contributed by atoms with Crippen LogP contribution in [0.5, 0.6) is 0 Å². The van der Waals surface area contributed by atoms with Crippen molar-refractivity contribution < 1.29 is 14.2 Å². The summed E-state index contributed by atoms with van der Waals surface area (Å²) in [5, 5.41) is 0. The van der Waals surface area contributed by atoms with E-state index in [9.17, 15) is 0 Å². The van der Waals surface area contributed by atoms with Gasteiger partial charge in [0.2, 0.25) is 0 Å². The first kappa shape index (κ1) is 15.9. The average Bonchev–Trinajstić information content (AvgIpc) is 2.44.